The smallest absolute Gasteiger partial charge is 0.262 e. The Bertz CT molecular complexity index is 2140. The molecule has 0 saturated carbocycles. The summed E-state index contributed by atoms with van der Waals surface area (Å²) in [6.45, 7) is 4.38. The van der Waals surface area contributed by atoms with Gasteiger partial charge in [0.1, 0.15) is 10.0 Å². The van der Waals surface area contributed by atoms with Crippen LogP contribution in [0.1, 0.15) is 22.3 Å². The van der Waals surface area contributed by atoms with E-state index in [1.54, 1.807) is 22.7 Å². The van der Waals surface area contributed by atoms with Crippen LogP contribution in [-0.2, 0) is 11.5 Å². The van der Waals surface area contributed by atoms with Crippen molar-refractivity contribution in [2.75, 3.05) is 56.4 Å². The fourth-order valence-electron chi connectivity index (χ4n) is 5.85. The summed E-state index contributed by atoms with van der Waals surface area (Å²) in [5.41, 5.74) is 11.1. The van der Waals surface area contributed by atoms with Crippen molar-refractivity contribution in [3.05, 3.63) is 95.1 Å². The number of aryl methyl sites for hydroxylation is 2. The molecule has 0 amide bonds. The fourth-order valence-corrected chi connectivity index (χ4v) is 10.2. The number of azo groups is 1. The molecule has 6 aromatic rings. The maximum atomic E-state index is 5.00. The van der Waals surface area contributed by atoms with Crippen molar-refractivity contribution in [3.8, 4) is 21.1 Å². The normalized spacial score (nSPS) is 11.5. The molecule has 0 atom stereocenters. The lowest BCUT2D eigenvalue weighted by Gasteiger charge is -2.11. The number of amidine groups is 2. The van der Waals surface area contributed by atoms with Gasteiger partial charge in [-0.15, -0.1) is 22.7 Å². The van der Waals surface area contributed by atoms with Gasteiger partial charge < -0.3 is 0 Å². The molecule has 0 radical (unpaired) electrons. The van der Waals surface area contributed by atoms with E-state index in [1.807, 2.05) is 47.8 Å². The molecule has 0 aliphatic heterocycles. The molecule has 0 spiro atoms. The van der Waals surface area contributed by atoms with E-state index >= 15 is 0 Å². The van der Waals surface area contributed by atoms with Gasteiger partial charge in [-0.05, 0) is 132 Å². The molecular formula is C40H46N8S4+2. The van der Waals surface area contributed by atoms with E-state index < -0.39 is 0 Å². The highest BCUT2D eigenvalue weighted by atomic mass is 32.2. The second-order valence-corrected chi connectivity index (χ2v) is 17.5. The van der Waals surface area contributed by atoms with Crippen LogP contribution in [0, 0.1) is 13.8 Å². The summed E-state index contributed by atoms with van der Waals surface area (Å²) >= 11 is 7.14. The Hall–Kier alpha value is -4.10. The highest BCUT2D eigenvalue weighted by Crippen LogP contribution is 2.36. The standard InChI is InChI=1S/C40H46N8S4/c1-25-19-35-33(21-29(25)23-49-39(45(3)4)46(5)6)41-37(51-35)27-11-15-31(16-12-27)43-44-32-17-13-28(14-18-32)38-42-34-22-30(26(2)20-36(34)52-38)24-50-40(47(7)8)48(9)10/h11-22H,23-24H2,1-10H3/q+2. The van der Waals surface area contributed by atoms with Crippen LogP contribution in [0.25, 0.3) is 41.6 Å². The molecule has 0 saturated heterocycles. The average molecular weight is 767 g/mol. The van der Waals surface area contributed by atoms with E-state index in [0.717, 1.165) is 55.1 Å². The SMILES string of the molecule is Cc1cc2sc(-c3ccc(N=Nc4ccc(-c5nc6cc(CSC(N(C)C)=[N+](C)C)c(C)cc6s5)cc4)cc3)nc2cc1CSC(N(C)C)=[N+](C)C. The van der Waals surface area contributed by atoms with Crippen LogP contribution in [0.15, 0.2) is 83.0 Å². The van der Waals surface area contributed by atoms with E-state index in [2.05, 4.69) is 148 Å². The lowest BCUT2D eigenvalue weighted by Crippen LogP contribution is -2.26. The second kappa shape index (κ2) is 16.3. The topological polar surface area (TPSA) is 63.0 Å². The number of hydrogen-bond acceptors (Lipinski definition) is 8. The Kier molecular flexibility index (Phi) is 11.8. The molecule has 52 heavy (non-hydrogen) atoms. The molecular weight excluding hydrogens is 721 g/mol. The van der Waals surface area contributed by atoms with Crippen LogP contribution in [0.4, 0.5) is 11.4 Å². The molecule has 0 bridgehead atoms. The Morgan fingerprint density at radius 2 is 0.962 bits per heavy atom. The molecule has 0 aliphatic rings. The van der Waals surface area contributed by atoms with Crippen molar-refractivity contribution in [3.63, 3.8) is 0 Å². The number of thioether (sulfide) groups is 2. The molecule has 0 N–H and O–H groups in total. The zero-order valence-electron chi connectivity index (χ0n) is 31.6. The Balaban J connectivity index is 1.11. The van der Waals surface area contributed by atoms with Gasteiger partial charge in [0.15, 0.2) is 0 Å². The highest BCUT2D eigenvalue weighted by molar-refractivity contribution is 8.13. The number of hydrogen-bond donors (Lipinski definition) is 0. The first-order valence-corrected chi connectivity index (χ1v) is 20.6. The number of fused-ring (bicyclic) bond motifs is 2. The van der Waals surface area contributed by atoms with E-state index in [4.69, 9.17) is 9.97 Å². The first kappa shape index (κ1) is 37.7. The molecule has 268 valence electrons. The van der Waals surface area contributed by atoms with Crippen LogP contribution < -0.4 is 0 Å². The van der Waals surface area contributed by atoms with Crippen LogP contribution in [0.3, 0.4) is 0 Å². The van der Waals surface area contributed by atoms with E-state index in [0.29, 0.717) is 0 Å². The summed E-state index contributed by atoms with van der Waals surface area (Å²) in [4.78, 5) is 14.3. The maximum absolute atomic E-state index is 5.00. The molecule has 2 aromatic heterocycles. The van der Waals surface area contributed by atoms with Crippen LogP contribution in [0.2, 0.25) is 0 Å². The van der Waals surface area contributed by atoms with Gasteiger partial charge in [0.25, 0.3) is 0 Å². The first-order valence-electron chi connectivity index (χ1n) is 17.0. The quantitative estimate of drug-likeness (QED) is 0.0666. The Labute approximate surface area is 323 Å². The van der Waals surface area contributed by atoms with Crippen LogP contribution >= 0.6 is 46.2 Å². The predicted octanol–water partition coefficient (Wildman–Crippen LogP) is 10.1. The lowest BCUT2D eigenvalue weighted by molar-refractivity contribution is -0.466. The number of rotatable bonds is 8. The van der Waals surface area contributed by atoms with Gasteiger partial charge in [-0.2, -0.15) is 10.2 Å². The van der Waals surface area contributed by atoms with E-state index in [9.17, 15) is 0 Å². The van der Waals surface area contributed by atoms with Crippen molar-refractivity contribution in [1.29, 1.82) is 0 Å². The third kappa shape index (κ3) is 8.74. The summed E-state index contributed by atoms with van der Waals surface area (Å²) in [5.74, 6) is 1.80. The first-order chi connectivity index (χ1) is 24.9. The number of benzene rings is 4. The molecule has 8 nitrogen and oxygen atoms in total. The van der Waals surface area contributed by atoms with Gasteiger partial charge in [0, 0.05) is 22.6 Å². The average Bonchev–Trinajstić information content (AvgIpc) is 3.71. The van der Waals surface area contributed by atoms with Gasteiger partial charge in [-0.25, -0.2) is 9.97 Å². The van der Waals surface area contributed by atoms with E-state index in [-0.39, 0.29) is 0 Å². The third-order valence-electron chi connectivity index (χ3n) is 8.45. The zero-order valence-corrected chi connectivity index (χ0v) is 34.8. The number of aromatic nitrogens is 2. The Morgan fingerprint density at radius 3 is 1.29 bits per heavy atom. The molecule has 0 aliphatic carbocycles. The number of thiazole rings is 2. The summed E-state index contributed by atoms with van der Waals surface area (Å²) in [6, 6.07) is 25.4. The highest BCUT2D eigenvalue weighted by Gasteiger charge is 2.17. The fraction of sp³-hybridized carbons (Fsp3) is 0.300. The monoisotopic (exact) mass is 766 g/mol. The van der Waals surface area contributed by atoms with Gasteiger partial charge in [0.2, 0.25) is 0 Å². The summed E-state index contributed by atoms with van der Waals surface area (Å²) in [6.07, 6.45) is 0. The molecule has 0 fully saturated rings. The van der Waals surface area contributed by atoms with Gasteiger partial charge in [-0.3, -0.25) is 19.0 Å². The predicted molar refractivity (Wildman–Crippen MR) is 228 cm³/mol. The minimum Gasteiger partial charge on any atom is -0.262 e. The van der Waals surface area contributed by atoms with Crippen LogP contribution in [0.5, 0.6) is 0 Å². The maximum Gasteiger partial charge on any atom is 0.307 e. The zero-order chi connectivity index (χ0) is 37.1. The van der Waals surface area contributed by atoms with Gasteiger partial charge in [0.05, 0.1) is 88.2 Å². The summed E-state index contributed by atoms with van der Waals surface area (Å²) in [5, 5.41) is 13.5. The van der Waals surface area contributed by atoms with Crippen LogP contribution in [-0.4, -0.2) is 95.6 Å². The second-order valence-electron chi connectivity index (χ2n) is 13.5. The van der Waals surface area contributed by atoms with Crippen molar-refractivity contribution in [2.24, 2.45) is 10.2 Å². The molecule has 12 heteroatoms. The number of nitrogens with zero attached hydrogens (tertiary/aromatic N) is 8. The van der Waals surface area contributed by atoms with Crippen molar-refractivity contribution >= 4 is 88.3 Å². The van der Waals surface area contributed by atoms with Crippen molar-refractivity contribution < 1.29 is 9.15 Å². The van der Waals surface area contributed by atoms with Gasteiger partial charge >= 0.3 is 10.3 Å². The van der Waals surface area contributed by atoms with Gasteiger partial charge in [-0.1, -0.05) is 0 Å². The molecule has 6 rings (SSSR count). The minimum absolute atomic E-state index is 0.800. The molecule has 0 unspecified atom stereocenters. The largest absolute Gasteiger partial charge is 0.307 e. The minimum atomic E-state index is 0.800. The Morgan fingerprint density at radius 1 is 0.596 bits per heavy atom. The van der Waals surface area contributed by atoms with Crippen molar-refractivity contribution in [2.45, 2.75) is 25.4 Å². The third-order valence-corrected chi connectivity index (χ3v) is 13.5. The molecule has 2 heterocycles. The summed E-state index contributed by atoms with van der Waals surface area (Å²) < 4.78 is 6.73. The summed E-state index contributed by atoms with van der Waals surface area (Å²) in [7, 11) is 16.7. The van der Waals surface area contributed by atoms with E-state index in [1.165, 1.54) is 42.0 Å². The van der Waals surface area contributed by atoms with Crippen molar-refractivity contribution in [1.82, 2.24) is 19.8 Å². The molecule has 4 aromatic carbocycles. The lowest BCUT2D eigenvalue weighted by atomic mass is 10.1.